The van der Waals surface area contributed by atoms with E-state index in [1.807, 2.05) is 24.3 Å². The van der Waals surface area contributed by atoms with E-state index in [0.717, 1.165) is 84.7 Å². The van der Waals surface area contributed by atoms with Gasteiger partial charge < -0.3 is 10.2 Å². The number of aromatic nitrogens is 6. The number of nitrogens with zero attached hydrogens (tertiary/aromatic N) is 6. The minimum absolute atomic E-state index is 0.0897. The van der Waals surface area contributed by atoms with Gasteiger partial charge >= 0.3 is 0 Å². The van der Waals surface area contributed by atoms with Crippen LogP contribution in [0.15, 0.2) is 109 Å². The summed E-state index contributed by atoms with van der Waals surface area (Å²) < 4.78 is 0. The molecule has 8 aromatic rings. The molecule has 0 bridgehead atoms. The summed E-state index contributed by atoms with van der Waals surface area (Å²) in [5, 5.41) is 23.4. The summed E-state index contributed by atoms with van der Waals surface area (Å²) in [5.74, 6) is 3.47. The molecule has 2 heterocycles. The lowest BCUT2D eigenvalue weighted by atomic mass is 9.90. The molecule has 332 valence electrons. The van der Waals surface area contributed by atoms with E-state index in [9.17, 15) is 10.2 Å². The maximum Gasteiger partial charge on any atom is 0.167 e. The Hall–Kier alpha value is -7.06. The van der Waals surface area contributed by atoms with Gasteiger partial charge in [-0.15, -0.1) is 0 Å². The molecule has 0 atom stereocenters. The maximum atomic E-state index is 11.7. The van der Waals surface area contributed by atoms with Crippen LogP contribution in [0, 0.1) is 0 Å². The molecule has 0 spiro atoms. The highest BCUT2D eigenvalue weighted by molar-refractivity contribution is 5.73. The largest absolute Gasteiger partial charge is 0.507 e. The third kappa shape index (κ3) is 8.39. The summed E-state index contributed by atoms with van der Waals surface area (Å²) >= 11 is 0. The number of aromatic hydroxyl groups is 2. The van der Waals surface area contributed by atoms with Gasteiger partial charge in [0, 0.05) is 22.3 Å². The van der Waals surface area contributed by atoms with Gasteiger partial charge in [-0.2, -0.15) is 0 Å². The van der Waals surface area contributed by atoms with Gasteiger partial charge in [0.2, 0.25) is 0 Å². The normalized spacial score (nSPS) is 15.3. The molecule has 6 aromatic carbocycles. The van der Waals surface area contributed by atoms with Crippen LogP contribution in [0.4, 0.5) is 0 Å². The first-order valence-corrected chi connectivity index (χ1v) is 24.6. The van der Waals surface area contributed by atoms with E-state index in [-0.39, 0.29) is 11.5 Å². The minimum Gasteiger partial charge on any atom is -0.507 e. The zero-order valence-electron chi connectivity index (χ0n) is 38.0. The summed E-state index contributed by atoms with van der Waals surface area (Å²) in [4.78, 5) is 30.2. The van der Waals surface area contributed by atoms with E-state index in [1.54, 1.807) is 12.1 Å². The third-order valence-electron chi connectivity index (χ3n) is 14.7. The van der Waals surface area contributed by atoms with Crippen LogP contribution in [0.1, 0.15) is 107 Å². The Morgan fingerprint density at radius 3 is 0.836 bits per heavy atom. The molecule has 67 heavy (non-hydrogen) atoms. The van der Waals surface area contributed by atoms with Gasteiger partial charge in [-0.05, 0) is 213 Å². The lowest BCUT2D eigenvalue weighted by molar-refractivity contribution is 0.476. The Morgan fingerprint density at radius 1 is 0.284 bits per heavy atom. The summed E-state index contributed by atoms with van der Waals surface area (Å²) in [6, 6.07) is 37.8. The number of phenolic OH excluding ortho intramolecular Hbond substituents is 2. The Bertz CT molecular complexity index is 2860. The average molecular weight is 879 g/mol. The monoisotopic (exact) mass is 878 g/mol. The molecule has 0 aliphatic heterocycles. The van der Waals surface area contributed by atoms with Gasteiger partial charge in [-0.3, -0.25) is 0 Å². The molecule has 12 rings (SSSR count). The molecule has 0 saturated heterocycles. The van der Waals surface area contributed by atoms with Crippen LogP contribution in [-0.4, -0.2) is 40.1 Å². The standard InChI is InChI=1S/C59H54N6O2/c66-52-30-36(17-27-50(52)58-62-54(46-23-19-38-9-1-5-13-42(38)32-46)60-55(63-58)47-24-20-39-10-2-6-14-43(39)33-47)29-37-18-28-51(53(67)31-37)59-64-56(48-25-21-40-11-3-7-15-44(40)34-48)61-57(65-59)49-26-22-41-12-4-8-16-45(41)35-49/h17-28,30-35,66-67H,1-16,29H2. The topological polar surface area (TPSA) is 118 Å². The zero-order chi connectivity index (χ0) is 44.8. The minimum atomic E-state index is 0.0897. The summed E-state index contributed by atoms with van der Waals surface area (Å²) in [5.41, 5.74) is 17.8. The Labute approximate surface area is 392 Å². The quantitative estimate of drug-likeness (QED) is 0.155. The molecule has 0 amide bonds. The van der Waals surface area contributed by atoms with Crippen LogP contribution in [0.2, 0.25) is 0 Å². The van der Waals surface area contributed by atoms with Crippen molar-refractivity contribution in [3.8, 4) is 79.8 Å². The molecule has 0 saturated carbocycles. The SMILES string of the molecule is Oc1cc(Cc2ccc(-c3nc(-c4ccc5c(c4)CCCC5)nc(-c4ccc5c(c4)CCCC5)n3)c(O)c2)ccc1-c1nc(-c2ccc3c(c2)CCCC3)nc(-c2ccc3c(c2)CCCC3)n1. The van der Waals surface area contributed by atoms with Crippen LogP contribution in [0.25, 0.3) is 68.3 Å². The number of rotatable bonds is 8. The van der Waals surface area contributed by atoms with Crippen LogP contribution in [0.5, 0.6) is 11.5 Å². The second kappa shape index (κ2) is 17.6. The van der Waals surface area contributed by atoms with E-state index in [1.165, 1.54) is 95.9 Å². The van der Waals surface area contributed by atoms with Crippen molar-refractivity contribution in [2.24, 2.45) is 0 Å². The van der Waals surface area contributed by atoms with E-state index in [2.05, 4.69) is 72.8 Å². The van der Waals surface area contributed by atoms with Gasteiger partial charge in [0.1, 0.15) is 11.5 Å². The van der Waals surface area contributed by atoms with Crippen molar-refractivity contribution in [1.29, 1.82) is 0 Å². The lowest BCUT2D eigenvalue weighted by Gasteiger charge is -2.18. The Balaban J connectivity index is 0.861. The number of hydrogen-bond donors (Lipinski definition) is 2. The second-order valence-electron chi connectivity index (χ2n) is 19.3. The van der Waals surface area contributed by atoms with Crippen LogP contribution >= 0.6 is 0 Å². The molecule has 8 nitrogen and oxygen atoms in total. The first-order valence-electron chi connectivity index (χ1n) is 24.6. The van der Waals surface area contributed by atoms with E-state index < -0.39 is 0 Å². The first-order chi connectivity index (χ1) is 32.9. The Kier molecular flexibility index (Phi) is 10.9. The van der Waals surface area contributed by atoms with Crippen molar-refractivity contribution >= 4 is 0 Å². The number of fused-ring (bicyclic) bond motifs is 4. The number of benzene rings is 6. The lowest BCUT2D eigenvalue weighted by Crippen LogP contribution is -2.05. The number of phenols is 2. The van der Waals surface area contributed by atoms with Crippen molar-refractivity contribution in [2.75, 3.05) is 0 Å². The molecule has 4 aliphatic carbocycles. The van der Waals surface area contributed by atoms with Crippen molar-refractivity contribution < 1.29 is 10.2 Å². The van der Waals surface area contributed by atoms with Gasteiger partial charge in [-0.25, -0.2) is 29.9 Å². The van der Waals surface area contributed by atoms with Gasteiger partial charge in [-0.1, -0.05) is 60.7 Å². The molecule has 8 heteroatoms. The molecule has 0 unspecified atom stereocenters. The van der Waals surface area contributed by atoms with Crippen molar-refractivity contribution in [3.63, 3.8) is 0 Å². The molecule has 2 N–H and O–H groups in total. The van der Waals surface area contributed by atoms with E-state index >= 15 is 0 Å². The average Bonchev–Trinajstić information content (AvgIpc) is 3.38. The molecule has 4 aliphatic rings. The predicted octanol–water partition coefficient (Wildman–Crippen LogP) is 12.6. The fraction of sp³-hybridized carbons (Fsp3) is 0.288. The van der Waals surface area contributed by atoms with E-state index in [0.29, 0.717) is 52.5 Å². The van der Waals surface area contributed by atoms with Gasteiger partial charge in [0.05, 0.1) is 11.1 Å². The molecule has 0 radical (unpaired) electrons. The van der Waals surface area contributed by atoms with Crippen molar-refractivity contribution in [2.45, 2.75) is 109 Å². The molecular weight excluding hydrogens is 825 g/mol. The van der Waals surface area contributed by atoms with E-state index in [4.69, 9.17) is 29.9 Å². The second-order valence-corrected chi connectivity index (χ2v) is 19.3. The van der Waals surface area contributed by atoms with Gasteiger partial charge in [0.25, 0.3) is 0 Å². The highest BCUT2D eigenvalue weighted by atomic mass is 16.3. The van der Waals surface area contributed by atoms with Crippen molar-refractivity contribution in [3.05, 3.63) is 165 Å². The van der Waals surface area contributed by atoms with Gasteiger partial charge in [0.15, 0.2) is 34.9 Å². The fourth-order valence-electron chi connectivity index (χ4n) is 11.0. The first kappa shape index (κ1) is 41.4. The summed E-state index contributed by atoms with van der Waals surface area (Å²) in [6.45, 7) is 0. The van der Waals surface area contributed by atoms with Crippen LogP contribution < -0.4 is 0 Å². The maximum absolute atomic E-state index is 11.7. The van der Waals surface area contributed by atoms with Crippen LogP contribution in [0.3, 0.4) is 0 Å². The molecule has 0 fully saturated rings. The third-order valence-corrected chi connectivity index (χ3v) is 14.7. The summed E-state index contributed by atoms with van der Waals surface area (Å²) in [6.07, 6.45) is 18.8. The fourth-order valence-corrected chi connectivity index (χ4v) is 11.0. The van der Waals surface area contributed by atoms with Crippen molar-refractivity contribution in [1.82, 2.24) is 29.9 Å². The highest BCUT2D eigenvalue weighted by Crippen LogP contribution is 2.37. The highest BCUT2D eigenvalue weighted by Gasteiger charge is 2.22. The summed E-state index contributed by atoms with van der Waals surface area (Å²) in [7, 11) is 0. The smallest absolute Gasteiger partial charge is 0.167 e. The molecular formula is C59H54N6O2. The zero-order valence-corrected chi connectivity index (χ0v) is 38.0. The number of hydrogen-bond acceptors (Lipinski definition) is 8. The molecule has 2 aromatic heterocycles. The Morgan fingerprint density at radius 2 is 0.552 bits per heavy atom. The number of aryl methyl sites for hydroxylation is 8. The predicted molar refractivity (Wildman–Crippen MR) is 265 cm³/mol. The van der Waals surface area contributed by atoms with Crippen LogP contribution in [-0.2, 0) is 57.8 Å².